The lowest BCUT2D eigenvalue weighted by Gasteiger charge is -2.43. The van der Waals surface area contributed by atoms with Gasteiger partial charge < -0.3 is 24.4 Å². The molecule has 0 aliphatic carbocycles. The van der Waals surface area contributed by atoms with Crippen molar-refractivity contribution in [2.24, 2.45) is 0 Å². The number of fused-ring (bicyclic) bond motifs is 2. The van der Waals surface area contributed by atoms with Crippen molar-refractivity contribution in [1.29, 1.82) is 0 Å². The van der Waals surface area contributed by atoms with Crippen LogP contribution in [0, 0.1) is 0 Å². The fourth-order valence-electron chi connectivity index (χ4n) is 5.36. The summed E-state index contributed by atoms with van der Waals surface area (Å²) >= 11 is 0. The van der Waals surface area contributed by atoms with Crippen molar-refractivity contribution >= 4 is 11.8 Å². The maximum Gasteiger partial charge on any atom is 0.410 e. The van der Waals surface area contributed by atoms with Gasteiger partial charge in [-0.2, -0.15) is 0 Å². The molecular weight excluding hydrogens is 392 g/mol. The predicted octanol–water partition coefficient (Wildman–Crippen LogP) is 3.67. The number of carbonyl (C=O) groups excluding carboxylic acids is 1. The highest BCUT2D eigenvalue weighted by atomic mass is 16.6. The van der Waals surface area contributed by atoms with Gasteiger partial charge in [-0.1, -0.05) is 42.5 Å². The van der Waals surface area contributed by atoms with E-state index in [1.807, 2.05) is 47.4 Å². The third-order valence-corrected chi connectivity index (χ3v) is 6.96. The van der Waals surface area contributed by atoms with Crippen molar-refractivity contribution in [2.75, 3.05) is 31.2 Å². The average molecular weight is 423 g/mol. The van der Waals surface area contributed by atoms with E-state index in [4.69, 9.17) is 9.47 Å². The normalized spacial score (nSPS) is 27.9. The number of piperidine rings is 1. The minimum absolute atomic E-state index is 0.0194. The number of rotatable bonds is 4. The van der Waals surface area contributed by atoms with Crippen molar-refractivity contribution in [2.45, 2.75) is 50.0 Å². The van der Waals surface area contributed by atoms with Crippen LogP contribution in [0.15, 0.2) is 54.6 Å². The standard InChI is InChI=1S/C25H30N2O4/c28-24(31-18-19-4-2-1-3-5-19)27-22-10-11-23(27)17-25(29,16-22)20-6-8-21(9-7-20)26-12-14-30-15-13-26/h1-9,22-23,29H,10-18H2. The smallest absolute Gasteiger partial charge is 0.410 e. The van der Waals surface area contributed by atoms with Crippen LogP contribution in [0.25, 0.3) is 0 Å². The van der Waals surface area contributed by atoms with E-state index in [1.165, 1.54) is 5.69 Å². The predicted molar refractivity (Wildman–Crippen MR) is 118 cm³/mol. The molecule has 164 valence electrons. The van der Waals surface area contributed by atoms with Crippen LogP contribution in [0.5, 0.6) is 0 Å². The summed E-state index contributed by atoms with van der Waals surface area (Å²) in [6.45, 7) is 3.58. The van der Waals surface area contributed by atoms with Crippen LogP contribution in [0.1, 0.15) is 36.8 Å². The zero-order chi connectivity index (χ0) is 21.3. The monoisotopic (exact) mass is 422 g/mol. The van der Waals surface area contributed by atoms with Gasteiger partial charge in [0.05, 0.1) is 18.8 Å². The van der Waals surface area contributed by atoms with Gasteiger partial charge >= 0.3 is 6.09 Å². The van der Waals surface area contributed by atoms with Crippen molar-refractivity contribution in [3.63, 3.8) is 0 Å². The number of carbonyl (C=O) groups is 1. The number of ether oxygens (including phenoxy) is 2. The summed E-state index contributed by atoms with van der Waals surface area (Å²) in [6.07, 6.45) is 2.68. The first kappa shape index (κ1) is 20.3. The Labute approximate surface area is 183 Å². The maximum absolute atomic E-state index is 12.8. The molecule has 2 aromatic rings. The van der Waals surface area contributed by atoms with Crippen LogP contribution < -0.4 is 4.90 Å². The Bertz CT molecular complexity index is 881. The Balaban J connectivity index is 1.24. The van der Waals surface area contributed by atoms with Gasteiger partial charge in [-0.15, -0.1) is 0 Å². The first-order valence-electron chi connectivity index (χ1n) is 11.3. The number of benzene rings is 2. The van der Waals surface area contributed by atoms with Gasteiger partial charge in [0.2, 0.25) is 0 Å². The SMILES string of the molecule is O=C(OCc1ccccc1)N1C2CCC1CC(O)(c1ccc(N3CCOCC3)cc1)C2. The topological polar surface area (TPSA) is 62.2 Å². The fourth-order valence-corrected chi connectivity index (χ4v) is 5.36. The van der Waals surface area contributed by atoms with Gasteiger partial charge in [0, 0.05) is 43.7 Å². The molecule has 3 saturated heterocycles. The van der Waals surface area contributed by atoms with Gasteiger partial charge in [-0.3, -0.25) is 0 Å². The molecule has 2 aromatic carbocycles. The third-order valence-electron chi connectivity index (χ3n) is 6.96. The van der Waals surface area contributed by atoms with E-state index in [9.17, 15) is 9.90 Å². The molecule has 2 unspecified atom stereocenters. The van der Waals surface area contributed by atoms with Gasteiger partial charge in [0.15, 0.2) is 0 Å². The van der Waals surface area contributed by atoms with Crippen LogP contribution in [0.3, 0.4) is 0 Å². The molecule has 1 amide bonds. The largest absolute Gasteiger partial charge is 0.445 e. The number of hydrogen-bond acceptors (Lipinski definition) is 5. The van der Waals surface area contributed by atoms with E-state index < -0.39 is 5.60 Å². The first-order valence-corrected chi connectivity index (χ1v) is 11.3. The first-order chi connectivity index (χ1) is 15.1. The minimum Gasteiger partial charge on any atom is -0.445 e. The molecule has 6 nitrogen and oxygen atoms in total. The Morgan fingerprint density at radius 2 is 1.65 bits per heavy atom. The van der Waals surface area contributed by atoms with Gasteiger partial charge in [-0.25, -0.2) is 4.79 Å². The van der Waals surface area contributed by atoms with Crippen LogP contribution in [-0.2, 0) is 21.7 Å². The van der Waals surface area contributed by atoms with Gasteiger partial charge in [0.1, 0.15) is 6.61 Å². The number of aliphatic hydroxyl groups is 1. The van der Waals surface area contributed by atoms with Crippen LogP contribution in [-0.4, -0.2) is 54.5 Å². The molecule has 0 radical (unpaired) electrons. The van der Waals surface area contributed by atoms with Gasteiger partial charge in [-0.05, 0) is 36.1 Å². The van der Waals surface area contributed by atoms with E-state index in [0.29, 0.717) is 12.8 Å². The Morgan fingerprint density at radius 3 is 2.29 bits per heavy atom. The number of amides is 1. The third kappa shape index (κ3) is 4.14. The lowest BCUT2D eigenvalue weighted by molar-refractivity contribution is -0.0536. The second-order valence-electron chi connectivity index (χ2n) is 8.92. The van der Waals surface area contributed by atoms with E-state index >= 15 is 0 Å². The maximum atomic E-state index is 12.8. The Morgan fingerprint density at radius 1 is 1.00 bits per heavy atom. The van der Waals surface area contributed by atoms with E-state index in [-0.39, 0.29) is 24.8 Å². The number of morpholine rings is 1. The number of hydrogen-bond donors (Lipinski definition) is 1. The summed E-state index contributed by atoms with van der Waals surface area (Å²) in [5, 5.41) is 11.5. The fraction of sp³-hybridized carbons (Fsp3) is 0.480. The summed E-state index contributed by atoms with van der Waals surface area (Å²) in [4.78, 5) is 17.0. The highest BCUT2D eigenvalue weighted by Gasteiger charge is 2.50. The molecule has 0 spiro atoms. The Kier molecular flexibility index (Phi) is 5.59. The zero-order valence-corrected chi connectivity index (χ0v) is 17.8. The number of anilines is 1. The van der Waals surface area contributed by atoms with Crippen molar-refractivity contribution in [3.8, 4) is 0 Å². The molecule has 2 atom stereocenters. The van der Waals surface area contributed by atoms with E-state index in [2.05, 4.69) is 17.0 Å². The molecule has 1 N–H and O–H groups in total. The van der Waals surface area contributed by atoms with Crippen molar-refractivity contribution in [1.82, 2.24) is 4.90 Å². The minimum atomic E-state index is -0.897. The second-order valence-corrected chi connectivity index (χ2v) is 8.92. The molecule has 3 aliphatic heterocycles. The average Bonchev–Trinajstić information content (AvgIpc) is 3.10. The summed E-state index contributed by atoms with van der Waals surface area (Å²) in [5.74, 6) is 0. The lowest BCUT2D eigenvalue weighted by Crippen LogP contribution is -2.52. The second kappa shape index (κ2) is 8.52. The molecule has 0 aromatic heterocycles. The molecule has 3 aliphatic rings. The highest BCUT2D eigenvalue weighted by molar-refractivity contribution is 5.69. The van der Waals surface area contributed by atoms with E-state index in [1.54, 1.807) is 0 Å². The van der Waals surface area contributed by atoms with Crippen LogP contribution in [0.2, 0.25) is 0 Å². The lowest BCUT2D eigenvalue weighted by atomic mass is 9.80. The molecule has 3 heterocycles. The van der Waals surface area contributed by atoms with Crippen LogP contribution >= 0.6 is 0 Å². The molecule has 2 bridgehead atoms. The van der Waals surface area contributed by atoms with Crippen molar-refractivity contribution < 1.29 is 19.4 Å². The summed E-state index contributed by atoms with van der Waals surface area (Å²) in [5.41, 5.74) is 2.20. The van der Waals surface area contributed by atoms with Crippen LogP contribution in [0.4, 0.5) is 10.5 Å². The van der Waals surface area contributed by atoms with Gasteiger partial charge in [0.25, 0.3) is 0 Å². The van der Waals surface area contributed by atoms with Crippen molar-refractivity contribution in [3.05, 3.63) is 65.7 Å². The molecule has 31 heavy (non-hydrogen) atoms. The molecule has 0 saturated carbocycles. The van der Waals surface area contributed by atoms with E-state index in [0.717, 1.165) is 50.3 Å². The summed E-state index contributed by atoms with van der Waals surface area (Å²) < 4.78 is 11.0. The molecule has 3 fully saturated rings. The molecule has 6 heteroatoms. The highest BCUT2D eigenvalue weighted by Crippen LogP contribution is 2.46. The quantitative estimate of drug-likeness (QED) is 0.815. The zero-order valence-electron chi connectivity index (χ0n) is 17.8. The molecule has 5 rings (SSSR count). The number of nitrogens with zero attached hydrogens (tertiary/aromatic N) is 2. The summed E-state index contributed by atoms with van der Waals surface area (Å²) in [6, 6.07) is 18.1. The Hall–Kier alpha value is -2.57. The summed E-state index contributed by atoms with van der Waals surface area (Å²) in [7, 11) is 0. The molecular formula is C25H30N2O4.